The third-order valence-electron chi connectivity index (χ3n) is 3.39. The molecule has 24 heavy (non-hydrogen) atoms. The quantitative estimate of drug-likeness (QED) is 0.794. The molecule has 7 heteroatoms. The van der Waals surface area contributed by atoms with E-state index >= 15 is 0 Å². The molecule has 0 aliphatic carbocycles. The van der Waals surface area contributed by atoms with Crippen molar-refractivity contribution in [3.05, 3.63) is 59.6 Å². The fourth-order valence-electron chi connectivity index (χ4n) is 2.21. The number of anilines is 3. The maximum absolute atomic E-state index is 12.7. The molecule has 1 aromatic carbocycles. The molecule has 122 valence electrons. The lowest BCUT2D eigenvalue weighted by Crippen LogP contribution is -2.27. The lowest BCUT2D eigenvalue weighted by Gasteiger charge is -2.17. The van der Waals surface area contributed by atoms with Crippen LogP contribution in [0, 0.1) is 13.8 Å². The van der Waals surface area contributed by atoms with Crippen LogP contribution >= 0.6 is 0 Å². The number of carbonyl (C=O) groups is 1. The summed E-state index contributed by atoms with van der Waals surface area (Å²) in [5.74, 6) is 1.25. The molecule has 7 nitrogen and oxygen atoms in total. The standard InChI is InChI=1S/C17H17N5O2/c1-11-9-14(16(23)22(3)13-7-5-4-6-8-13)19-17(18-11)20-15-10-12(2)24-21-15/h4-10H,1-3H3,(H,18,19,20,21). The molecule has 2 aromatic heterocycles. The molecule has 1 amide bonds. The zero-order valence-corrected chi connectivity index (χ0v) is 13.6. The minimum absolute atomic E-state index is 0.217. The molecule has 0 spiro atoms. The Balaban J connectivity index is 1.86. The molecular formula is C17H17N5O2. The van der Waals surface area contributed by atoms with Crippen LogP contribution in [0.5, 0.6) is 0 Å². The Hall–Kier alpha value is -3.22. The van der Waals surface area contributed by atoms with E-state index in [0.717, 1.165) is 5.69 Å². The summed E-state index contributed by atoms with van der Waals surface area (Å²) >= 11 is 0. The van der Waals surface area contributed by atoms with Crippen molar-refractivity contribution < 1.29 is 9.32 Å². The van der Waals surface area contributed by atoms with E-state index in [4.69, 9.17) is 4.52 Å². The Bertz CT molecular complexity index is 860. The first-order chi connectivity index (χ1) is 11.5. The lowest BCUT2D eigenvalue weighted by molar-refractivity contribution is 0.0988. The van der Waals surface area contributed by atoms with Crippen LogP contribution < -0.4 is 10.2 Å². The summed E-state index contributed by atoms with van der Waals surface area (Å²) in [5.41, 5.74) is 1.77. The van der Waals surface area contributed by atoms with Crippen LogP contribution in [0.1, 0.15) is 21.9 Å². The third kappa shape index (κ3) is 3.40. The zero-order chi connectivity index (χ0) is 17.1. The lowest BCUT2D eigenvalue weighted by atomic mass is 10.2. The number of para-hydroxylation sites is 1. The Kier molecular flexibility index (Phi) is 4.24. The molecule has 0 unspecified atom stereocenters. The Morgan fingerprint density at radius 3 is 2.54 bits per heavy atom. The zero-order valence-electron chi connectivity index (χ0n) is 13.6. The molecule has 0 aliphatic rings. The molecule has 0 fully saturated rings. The fourth-order valence-corrected chi connectivity index (χ4v) is 2.21. The number of nitrogens with one attached hydrogen (secondary N) is 1. The van der Waals surface area contributed by atoms with Crippen molar-refractivity contribution in [1.82, 2.24) is 15.1 Å². The van der Waals surface area contributed by atoms with Gasteiger partial charge < -0.3 is 14.7 Å². The van der Waals surface area contributed by atoms with E-state index in [-0.39, 0.29) is 5.91 Å². The van der Waals surface area contributed by atoms with E-state index in [2.05, 4.69) is 20.4 Å². The molecule has 0 aliphatic heterocycles. The normalized spacial score (nSPS) is 10.5. The largest absolute Gasteiger partial charge is 0.360 e. The molecule has 2 heterocycles. The average molecular weight is 323 g/mol. The monoisotopic (exact) mass is 323 g/mol. The molecule has 0 saturated carbocycles. The van der Waals surface area contributed by atoms with Gasteiger partial charge in [0.1, 0.15) is 11.5 Å². The molecular weight excluding hydrogens is 306 g/mol. The summed E-state index contributed by atoms with van der Waals surface area (Å²) in [7, 11) is 1.71. The molecule has 0 radical (unpaired) electrons. The van der Waals surface area contributed by atoms with Crippen LogP contribution in [0.25, 0.3) is 0 Å². The van der Waals surface area contributed by atoms with E-state index in [1.54, 1.807) is 37.9 Å². The first-order valence-corrected chi connectivity index (χ1v) is 7.42. The molecule has 3 rings (SSSR count). The first-order valence-electron chi connectivity index (χ1n) is 7.42. The van der Waals surface area contributed by atoms with Gasteiger partial charge in [-0.05, 0) is 32.0 Å². The summed E-state index contributed by atoms with van der Waals surface area (Å²) in [6.45, 7) is 3.60. The summed E-state index contributed by atoms with van der Waals surface area (Å²) < 4.78 is 5.00. The van der Waals surface area contributed by atoms with Crippen molar-refractivity contribution in [2.45, 2.75) is 13.8 Å². The van der Waals surface area contributed by atoms with Crippen molar-refractivity contribution in [1.29, 1.82) is 0 Å². The minimum atomic E-state index is -0.217. The number of benzene rings is 1. The number of carbonyl (C=O) groups excluding carboxylic acids is 1. The molecule has 0 saturated heterocycles. The number of amides is 1. The van der Waals surface area contributed by atoms with Gasteiger partial charge in [-0.2, -0.15) is 0 Å². The van der Waals surface area contributed by atoms with E-state index in [0.29, 0.717) is 28.9 Å². The number of nitrogens with zero attached hydrogens (tertiary/aromatic N) is 4. The highest BCUT2D eigenvalue weighted by Crippen LogP contribution is 2.17. The number of aryl methyl sites for hydroxylation is 2. The Morgan fingerprint density at radius 2 is 1.88 bits per heavy atom. The second-order valence-corrected chi connectivity index (χ2v) is 5.37. The second-order valence-electron chi connectivity index (χ2n) is 5.37. The van der Waals surface area contributed by atoms with Gasteiger partial charge in [0.25, 0.3) is 5.91 Å². The van der Waals surface area contributed by atoms with Crippen LogP contribution in [0.2, 0.25) is 0 Å². The SMILES string of the molecule is Cc1cc(C(=O)N(C)c2ccccc2)nc(Nc2cc(C)on2)n1. The van der Waals surface area contributed by atoms with E-state index in [1.807, 2.05) is 30.3 Å². The minimum Gasteiger partial charge on any atom is -0.360 e. The van der Waals surface area contributed by atoms with Gasteiger partial charge in [-0.1, -0.05) is 23.4 Å². The van der Waals surface area contributed by atoms with E-state index < -0.39 is 0 Å². The summed E-state index contributed by atoms with van der Waals surface area (Å²) in [6, 6.07) is 12.8. The third-order valence-corrected chi connectivity index (χ3v) is 3.39. The van der Waals surface area contributed by atoms with Crippen LogP contribution in [-0.2, 0) is 0 Å². The number of aromatic nitrogens is 3. The van der Waals surface area contributed by atoms with Gasteiger partial charge in [0.2, 0.25) is 5.95 Å². The van der Waals surface area contributed by atoms with Crippen molar-refractivity contribution in [2.24, 2.45) is 0 Å². The topological polar surface area (TPSA) is 84.2 Å². The average Bonchev–Trinajstić information content (AvgIpc) is 2.98. The van der Waals surface area contributed by atoms with Crippen molar-refractivity contribution in [3.8, 4) is 0 Å². The van der Waals surface area contributed by atoms with Gasteiger partial charge in [-0.25, -0.2) is 9.97 Å². The van der Waals surface area contributed by atoms with Gasteiger partial charge in [-0.15, -0.1) is 0 Å². The molecule has 0 atom stereocenters. The second kappa shape index (κ2) is 6.49. The molecule has 3 aromatic rings. The smallest absolute Gasteiger partial charge is 0.276 e. The van der Waals surface area contributed by atoms with Crippen LogP contribution in [0.4, 0.5) is 17.5 Å². The van der Waals surface area contributed by atoms with Gasteiger partial charge in [0.05, 0.1) is 0 Å². The predicted molar refractivity (Wildman–Crippen MR) is 90.5 cm³/mol. The van der Waals surface area contributed by atoms with Crippen LogP contribution in [0.15, 0.2) is 47.0 Å². The van der Waals surface area contributed by atoms with E-state index in [1.165, 1.54) is 0 Å². The summed E-state index contributed by atoms with van der Waals surface area (Å²) in [5, 5.41) is 6.78. The summed E-state index contributed by atoms with van der Waals surface area (Å²) in [6.07, 6.45) is 0. The van der Waals surface area contributed by atoms with E-state index in [9.17, 15) is 4.79 Å². The highest BCUT2D eigenvalue weighted by molar-refractivity contribution is 6.04. The number of hydrogen-bond acceptors (Lipinski definition) is 6. The van der Waals surface area contributed by atoms with Crippen LogP contribution in [-0.4, -0.2) is 28.1 Å². The predicted octanol–water partition coefficient (Wildman–Crippen LogP) is 3.10. The van der Waals surface area contributed by atoms with Crippen molar-refractivity contribution in [2.75, 3.05) is 17.3 Å². The molecule has 0 bridgehead atoms. The Labute approximate surface area is 139 Å². The van der Waals surface area contributed by atoms with Gasteiger partial charge in [0.15, 0.2) is 5.82 Å². The number of rotatable bonds is 4. The van der Waals surface area contributed by atoms with Crippen molar-refractivity contribution >= 4 is 23.4 Å². The molecule has 1 N–H and O–H groups in total. The fraction of sp³-hybridized carbons (Fsp3) is 0.176. The highest BCUT2D eigenvalue weighted by atomic mass is 16.5. The first kappa shape index (κ1) is 15.7. The van der Waals surface area contributed by atoms with Gasteiger partial charge in [0, 0.05) is 24.5 Å². The maximum atomic E-state index is 12.7. The maximum Gasteiger partial charge on any atom is 0.276 e. The van der Waals surface area contributed by atoms with Gasteiger partial charge >= 0.3 is 0 Å². The summed E-state index contributed by atoms with van der Waals surface area (Å²) in [4.78, 5) is 22.8. The number of hydrogen-bond donors (Lipinski definition) is 1. The van der Waals surface area contributed by atoms with Crippen molar-refractivity contribution in [3.63, 3.8) is 0 Å². The highest BCUT2D eigenvalue weighted by Gasteiger charge is 2.17. The van der Waals surface area contributed by atoms with Crippen LogP contribution in [0.3, 0.4) is 0 Å². The van der Waals surface area contributed by atoms with Gasteiger partial charge in [-0.3, -0.25) is 4.79 Å². The Morgan fingerprint density at radius 1 is 1.12 bits per heavy atom.